The summed E-state index contributed by atoms with van der Waals surface area (Å²) in [5, 5.41) is 9.75. The zero-order chi connectivity index (χ0) is 15.7. The fourth-order valence-corrected chi connectivity index (χ4v) is 3.31. The van der Waals surface area contributed by atoms with Crippen LogP contribution in [0.1, 0.15) is 11.1 Å². The number of hydrogen-bond acceptors (Lipinski definition) is 5. The van der Waals surface area contributed by atoms with Gasteiger partial charge in [0, 0.05) is 18.0 Å². The first-order valence-corrected chi connectivity index (χ1v) is 7.42. The molecule has 0 aliphatic rings. The molecule has 0 aromatic carbocycles. The molecule has 108 valence electrons. The molecule has 22 heavy (non-hydrogen) atoms. The molecular formula is C15H8ClFN4S. The summed E-state index contributed by atoms with van der Waals surface area (Å²) in [6, 6.07) is 5.13. The van der Waals surface area contributed by atoms with Crippen LogP contribution in [0.25, 0.3) is 21.1 Å². The number of nitrogens with zero attached hydrogens (tertiary/aromatic N) is 4. The highest BCUT2D eigenvalue weighted by molar-refractivity contribution is 7.19. The van der Waals surface area contributed by atoms with Gasteiger partial charge >= 0.3 is 0 Å². The van der Waals surface area contributed by atoms with Gasteiger partial charge in [-0.25, -0.2) is 9.37 Å². The van der Waals surface area contributed by atoms with Crippen LogP contribution in [0.5, 0.6) is 0 Å². The summed E-state index contributed by atoms with van der Waals surface area (Å²) < 4.78 is 13.3. The molecule has 3 aromatic heterocycles. The maximum Gasteiger partial charge on any atom is 0.150 e. The number of halogens is 2. The summed E-state index contributed by atoms with van der Waals surface area (Å²) >= 11 is 7.50. The zero-order valence-electron chi connectivity index (χ0n) is 11.3. The molecule has 0 atom stereocenters. The predicted molar refractivity (Wildman–Crippen MR) is 83.0 cm³/mol. The van der Waals surface area contributed by atoms with Gasteiger partial charge in [-0.2, -0.15) is 5.26 Å². The van der Waals surface area contributed by atoms with E-state index in [9.17, 15) is 4.39 Å². The Kier molecular flexibility index (Phi) is 3.84. The molecule has 3 heterocycles. The van der Waals surface area contributed by atoms with E-state index in [1.165, 1.54) is 29.8 Å². The van der Waals surface area contributed by atoms with E-state index in [-0.39, 0.29) is 0 Å². The standard InChI is InChI=1S/C15H8ClFN4S/c1-8-2-9(4-18)5-20-12(8)13-14(16)21-15(22-13)10-3-11(17)7-19-6-10/h2-3,5-7H,1H3. The summed E-state index contributed by atoms with van der Waals surface area (Å²) in [5.74, 6) is -0.432. The summed E-state index contributed by atoms with van der Waals surface area (Å²) in [5.41, 5.74) is 2.53. The number of aryl methyl sites for hydroxylation is 1. The van der Waals surface area contributed by atoms with Crippen molar-refractivity contribution in [3.05, 3.63) is 52.8 Å². The van der Waals surface area contributed by atoms with E-state index in [2.05, 4.69) is 15.0 Å². The van der Waals surface area contributed by atoms with E-state index in [4.69, 9.17) is 16.9 Å². The Hall–Kier alpha value is -2.36. The summed E-state index contributed by atoms with van der Waals surface area (Å²) in [4.78, 5) is 13.0. The van der Waals surface area contributed by atoms with Gasteiger partial charge in [0.15, 0.2) is 0 Å². The molecule has 3 aromatic rings. The minimum Gasteiger partial charge on any atom is -0.261 e. The number of thiazole rings is 1. The Labute approximate surface area is 134 Å². The number of hydrogen-bond donors (Lipinski definition) is 0. The molecule has 7 heteroatoms. The number of pyridine rings is 2. The quantitative estimate of drug-likeness (QED) is 0.705. The monoisotopic (exact) mass is 330 g/mol. The van der Waals surface area contributed by atoms with Crippen molar-refractivity contribution < 1.29 is 4.39 Å². The van der Waals surface area contributed by atoms with Crippen molar-refractivity contribution in [1.82, 2.24) is 15.0 Å². The van der Waals surface area contributed by atoms with Crippen molar-refractivity contribution in [2.45, 2.75) is 6.92 Å². The smallest absolute Gasteiger partial charge is 0.150 e. The first-order valence-electron chi connectivity index (χ1n) is 6.23. The average molecular weight is 331 g/mol. The van der Waals surface area contributed by atoms with Crippen LogP contribution >= 0.6 is 22.9 Å². The van der Waals surface area contributed by atoms with Crippen LogP contribution in [0, 0.1) is 24.1 Å². The molecule has 3 rings (SSSR count). The van der Waals surface area contributed by atoms with Gasteiger partial charge in [0.1, 0.15) is 22.0 Å². The van der Waals surface area contributed by atoms with Crippen molar-refractivity contribution in [1.29, 1.82) is 5.26 Å². The Morgan fingerprint density at radius 1 is 1.27 bits per heavy atom. The van der Waals surface area contributed by atoms with Gasteiger partial charge in [-0.3, -0.25) is 9.97 Å². The van der Waals surface area contributed by atoms with Gasteiger partial charge < -0.3 is 0 Å². The van der Waals surface area contributed by atoms with Crippen LogP contribution in [0.4, 0.5) is 4.39 Å². The van der Waals surface area contributed by atoms with Gasteiger partial charge in [-0.15, -0.1) is 11.3 Å². The second kappa shape index (κ2) is 5.79. The maximum atomic E-state index is 13.3. The van der Waals surface area contributed by atoms with Crippen LogP contribution in [0.15, 0.2) is 30.7 Å². The van der Waals surface area contributed by atoms with Gasteiger partial charge in [-0.1, -0.05) is 11.6 Å². The molecule has 0 bridgehead atoms. The molecule has 0 saturated carbocycles. The summed E-state index contributed by atoms with van der Waals surface area (Å²) in [6.45, 7) is 1.85. The Balaban J connectivity index is 2.09. The SMILES string of the molecule is Cc1cc(C#N)cnc1-c1sc(-c2cncc(F)c2)nc1Cl. The van der Waals surface area contributed by atoms with E-state index < -0.39 is 5.82 Å². The third-order valence-corrected chi connectivity index (χ3v) is 4.46. The number of rotatable bonds is 2. The van der Waals surface area contributed by atoms with E-state index >= 15 is 0 Å². The Morgan fingerprint density at radius 2 is 2.09 bits per heavy atom. The van der Waals surface area contributed by atoms with E-state index in [0.717, 1.165) is 11.8 Å². The molecule has 0 spiro atoms. The zero-order valence-corrected chi connectivity index (χ0v) is 12.9. The molecule has 4 nitrogen and oxygen atoms in total. The third-order valence-electron chi connectivity index (χ3n) is 2.96. The summed E-state index contributed by atoms with van der Waals surface area (Å²) in [7, 11) is 0. The fraction of sp³-hybridized carbons (Fsp3) is 0.0667. The first kappa shape index (κ1) is 14.6. The topological polar surface area (TPSA) is 62.5 Å². The van der Waals surface area contributed by atoms with Crippen LogP contribution in [0.2, 0.25) is 5.15 Å². The predicted octanol–water partition coefficient (Wildman–Crippen LogP) is 4.24. The highest BCUT2D eigenvalue weighted by Gasteiger charge is 2.16. The fourth-order valence-electron chi connectivity index (χ4n) is 1.97. The van der Waals surface area contributed by atoms with E-state index in [0.29, 0.717) is 31.9 Å². The number of nitriles is 1. The lowest BCUT2D eigenvalue weighted by atomic mass is 10.1. The third kappa shape index (κ3) is 2.69. The highest BCUT2D eigenvalue weighted by atomic mass is 35.5. The number of aromatic nitrogens is 3. The van der Waals surface area contributed by atoms with Crippen LogP contribution in [0.3, 0.4) is 0 Å². The Bertz CT molecular complexity index is 901. The van der Waals surface area contributed by atoms with Crippen molar-refractivity contribution in [2.75, 3.05) is 0 Å². The Morgan fingerprint density at radius 3 is 2.77 bits per heavy atom. The second-order valence-corrected chi connectivity index (χ2v) is 5.89. The molecule has 0 aliphatic heterocycles. The lowest BCUT2D eigenvalue weighted by Crippen LogP contribution is -1.88. The van der Waals surface area contributed by atoms with Crippen LogP contribution in [-0.2, 0) is 0 Å². The van der Waals surface area contributed by atoms with Crippen molar-refractivity contribution >= 4 is 22.9 Å². The van der Waals surface area contributed by atoms with E-state index in [1.807, 2.05) is 13.0 Å². The van der Waals surface area contributed by atoms with Crippen molar-refractivity contribution in [3.8, 4) is 27.2 Å². The van der Waals surface area contributed by atoms with Crippen LogP contribution < -0.4 is 0 Å². The lowest BCUT2D eigenvalue weighted by Gasteiger charge is -2.02. The lowest BCUT2D eigenvalue weighted by molar-refractivity contribution is 0.622. The minimum absolute atomic E-state index is 0.296. The normalized spacial score (nSPS) is 10.5. The van der Waals surface area contributed by atoms with E-state index in [1.54, 1.807) is 6.07 Å². The molecule has 0 N–H and O–H groups in total. The van der Waals surface area contributed by atoms with Gasteiger partial charge in [0.2, 0.25) is 0 Å². The molecule has 0 aliphatic carbocycles. The highest BCUT2D eigenvalue weighted by Crippen LogP contribution is 2.38. The molecular weight excluding hydrogens is 323 g/mol. The van der Waals surface area contributed by atoms with Gasteiger partial charge in [0.25, 0.3) is 0 Å². The largest absolute Gasteiger partial charge is 0.261 e. The molecule has 0 unspecified atom stereocenters. The van der Waals surface area contributed by atoms with Crippen molar-refractivity contribution in [2.24, 2.45) is 0 Å². The maximum absolute atomic E-state index is 13.3. The summed E-state index contributed by atoms with van der Waals surface area (Å²) in [6.07, 6.45) is 4.15. The van der Waals surface area contributed by atoms with Crippen molar-refractivity contribution in [3.63, 3.8) is 0 Å². The minimum atomic E-state index is -0.432. The first-order chi connectivity index (χ1) is 10.6. The molecule has 0 radical (unpaired) electrons. The molecule has 0 amide bonds. The second-order valence-electron chi connectivity index (χ2n) is 4.53. The average Bonchev–Trinajstić information content (AvgIpc) is 2.89. The van der Waals surface area contributed by atoms with Gasteiger partial charge in [0.05, 0.1) is 22.3 Å². The molecule has 0 fully saturated rings. The molecule has 0 saturated heterocycles. The van der Waals surface area contributed by atoms with Crippen LogP contribution in [-0.4, -0.2) is 15.0 Å². The van der Waals surface area contributed by atoms with Gasteiger partial charge in [-0.05, 0) is 24.6 Å².